The van der Waals surface area contributed by atoms with E-state index in [0.717, 1.165) is 4.47 Å². The Morgan fingerprint density at radius 2 is 1.93 bits per heavy atom. The van der Waals surface area contributed by atoms with Crippen LogP contribution in [0.1, 0.15) is 17.3 Å². The zero-order valence-electron chi connectivity index (χ0n) is 15.1. The van der Waals surface area contributed by atoms with Crippen LogP contribution < -0.4 is 20.1 Å². The van der Waals surface area contributed by atoms with Crippen molar-refractivity contribution in [2.24, 2.45) is 0 Å². The molecule has 0 fully saturated rings. The SMILES string of the molecule is CCOCCOc1ccccc1NC(=S)NC(=O)c1cc(Br)ccc1OC. The highest BCUT2D eigenvalue weighted by atomic mass is 79.9. The van der Waals surface area contributed by atoms with E-state index in [0.29, 0.717) is 42.6 Å². The number of nitrogens with one attached hydrogen (secondary N) is 2. The first kappa shape index (κ1) is 21.1. The molecule has 27 heavy (non-hydrogen) atoms. The predicted octanol–water partition coefficient (Wildman–Crippen LogP) is 4.00. The molecule has 0 bridgehead atoms. The van der Waals surface area contributed by atoms with Gasteiger partial charge < -0.3 is 19.5 Å². The highest BCUT2D eigenvalue weighted by Crippen LogP contribution is 2.25. The first-order chi connectivity index (χ1) is 13.0. The Bertz CT molecular complexity index is 801. The van der Waals surface area contributed by atoms with Crippen LogP contribution in [-0.4, -0.2) is 38.0 Å². The average molecular weight is 453 g/mol. The van der Waals surface area contributed by atoms with Gasteiger partial charge in [0.05, 0.1) is 25.0 Å². The van der Waals surface area contributed by atoms with Gasteiger partial charge in [0.2, 0.25) is 0 Å². The lowest BCUT2D eigenvalue weighted by Crippen LogP contribution is -2.34. The van der Waals surface area contributed by atoms with Crippen molar-refractivity contribution in [1.29, 1.82) is 0 Å². The summed E-state index contributed by atoms with van der Waals surface area (Å²) < 4.78 is 17.0. The molecule has 1 amide bonds. The van der Waals surface area contributed by atoms with Crippen molar-refractivity contribution in [3.8, 4) is 11.5 Å². The number of benzene rings is 2. The molecule has 2 N–H and O–H groups in total. The lowest BCUT2D eigenvalue weighted by molar-refractivity contribution is 0.0974. The van der Waals surface area contributed by atoms with E-state index in [9.17, 15) is 4.79 Å². The first-order valence-corrected chi connectivity index (χ1v) is 9.50. The molecule has 2 rings (SSSR count). The van der Waals surface area contributed by atoms with Crippen LogP contribution in [0.3, 0.4) is 0 Å². The van der Waals surface area contributed by atoms with E-state index in [2.05, 4.69) is 26.6 Å². The van der Waals surface area contributed by atoms with Gasteiger partial charge in [-0.05, 0) is 49.5 Å². The molecule has 0 unspecified atom stereocenters. The largest absolute Gasteiger partial charge is 0.496 e. The number of ether oxygens (including phenoxy) is 3. The lowest BCUT2D eigenvalue weighted by atomic mass is 10.2. The monoisotopic (exact) mass is 452 g/mol. The third-order valence-corrected chi connectivity index (χ3v) is 4.16. The van der Waals surface area contributed by atoms with Crippen LogP contribution in [0.4, 0.5) is 5.69 Å². The molecule has 144 valence electrons. The third kappa shape index (κ3) is 6.50. The summed E-state index contributed by atoms with van der Waals surface area (Å²) in [6.07, 6.45) is 0. The molecular weight excluding hydrogens is 432 g/mol. The fourth-order valence-corrected chi connectivity index (χ4v) is 2.80. The minimum absolute atomic E-state index is 0.155. The second kappa shape index (κ2) is 10.9. The summed E-state index contributed by atoms with van der Waals surface area (Å²) in [5.41, 5.74) is 1.03. The molecule has 0 aromatic heterocycles. The van der Waals surface area contributed by atoms with Crippen LogP contribution in [0.25, 0.3) is 0 Å². The summed E-state index contributed by atoms with van der Waals surface area (Å²) >= 11 is 8.61. The zero-order valence-corrected chi connectivity index (χ0v) is 17.5. The Labute approximate surface area is 172 Å². The smallest absolute Gasteiger partial charge is 0.261 e. The summed E-state index contributed by atoms with van der Waals surface area (Å²) in [6, 6.07) is 12.5. The van der Waals surface area contributed by atoms with Gasteiger partial charge in [-0.25, -0.2) is 0 Å². The van der Waals surface area contributed by atoms with Crippen molar-refractivity contribution in [1.82, 2.24) is 5.32 Å². The number of para-hydroxylation sites is 2. The molecular formula is C19H21BrN2O4S. The van der Waals surface area contributed by atoms with Crippen LogP contribution in [-0.2, 0) is 4.74 Å². The lowest BCUT2D eigenvalue weighted by Gasteiger charge is -2.15. The fraction of sp³-hybridized carbons (Fsp3) is 0.263. The molecule has 0 heterocycles. The van der Waals surface area contributed by atoms with Crippen LogP contribution in [0.15, 0.2) is 46.9 Å². The molecule has 0 atom stereocenters. The molecule has 0 aliphatic carbocycles. The van der Waals surface area contributed by atoms with Gasteiger partial charge in [-0.2, -0.15) is 0 Å². The van der Waals surface area contributed by atoms with Gasteiger partial charge in [-0.3, -0.25) is 10.1 Å². The number of halogens is 1. The fourth-order valence-electron chi connectivity index (χ4n) is 2.23. The zero-order chi connectivity index (χ0) is 19.6. The van der Waals surface area contributed by atoms with E-state index in [1.807, 2.05) is 31.2 Å². The predicted molar refractivity (Wildman–Crippen MR) is 113 cm³/mol. The molecule has 8 heteroatoms. The quantitative estimate of drug-likeness (QED) is 0.465. The van der Waals surface area contributed by atoms with Crippen LogP contribution >= 0.6 is 28.1 Å². The Morgan fingerprint density at radius 3 is 2.67 bits per heavy atom. The third-order valence-electron chi connectivity index (χ3n) is 3.46. The summed E-state index contributed by atoms with van der Waals surface area (Å²) in [7, 11) is 1.51. The highest BCUT2D eigenvalue weighted by Gasteiger charge is 2.15. The van der Waals surface area contributed by atoms with Crippen molar-refractivity contribution in [2.45, 2.75) is 6.92 Å². The van der Waals surface area contributed by atoms with E-state index < -0.39 is 0 Å². The summed E-state index contributed by atoms with van der Waals surface area (Å²) in [4.78, 5) is 12.5. The van der Waals surface area contributed by atoms with E-state index in [-0.39, 0.29) is 11.0 Å². The molecule has 6 nitrogen and oxygen atoms in total. The summed E-state index contributed by atoms with van der Waals surface area (Å²) in [6.45, 7) is 3.48. The number of hydrogen-bond donors (Lipinski definition) is 2. The number of thiocarbonyl (C=S) groups is 1. The van der Waals surface area contributed by atoms with E-state index >= 15 is 0 Å². The number of rotatable bonds is 8. The minimum Gasteiger partial charge on any atom is -0.496 e. The Morgan fingerprint density at radius 1 is 1.15 bits per heavy atom. The van der Waals surface area contributed by atoms with Crippen LogP contribution in [0.2, 0.25) is 0 Å². The Hall–Kier alpha value is -2.16. The summed E-state index contributed by atoms with van der Waals surface area (Å²) in [5.74, 6) is 0.701. The first-order valence-electron chi connectivity index (χ1n) is 8.30. The number of hydrogen-bond acceptors (Lipinski definition) is 5. The van der Waals surface area contributed by atoms with Crippen molar-refractivity contribution < 1.29 is 19.0 Å². The topological polar surface area (TPSA) is 68.8 Å². The summed E-state index contributed by atoms with van der Waals surface area (Å²) in [5, 5.41) is 5.79. The van der Waals surface area contributed by atoms with Crippen molar-refractivity contribution in [3.05, 3.63) is 52.5 Å². The molecule has 0 saturated heterocycles. The maximum Gasteiger partial charge on any atom is 0.261 e. The number of carbonyl (C=O) groups excluding carboxylic acids is 1. The molecule has 0 saturated carbocycles. The standard InChI is InChI=1S/C19H21BrN2O4S/c1-3-25-10-11-26-17-7-5-4-6-15(17)21-19(27)22-18(23)14-12-13(20)8-9-16(14)24-2/h4-9,12H,3,10-11H2,1-2H3,(H2,21,22,23,27). The van der Waals surface area contributed by atoms with Crippen molar-refractivity contribution >= 4 is 44.9 Å². The molecule has 0 aliphatic heterocycles. The molecule has 0 aliphatic rings. The minimum atomic E-state index is -0.375. The van der Waals surface area contributed by atoms with Gasteiger partial charge in [0.1, 0.15) is 18.1 Å². The van der Waals surface area contributed by atoms with Gasteiger partial charge in [0.15, 0.2) is 5.11 Å². The van der Waals surface area contributed by atoms with Crippen LogP contribution in [0.5, 0.6) is 11.5 Å². The van der Waals surface area contributed by atoms with Gasteiger partial charge >= 0.3 is 0 Å². The number of methoxy groups -OCH3 is 1. The number of anilines is 1. The second-order valence-corrected chi connectivity index (χ2v) is 6.62. The Balaban J connectivity index is 2.02. The molecule has 0 spiro atoms. The number of carbonyl (C=O) groups is 1. The molecule has 2 aromatic carbocycles. The normalized spacial score (nSPS) is 10.2. The van der Waals surface area contributed by atoms with Gasteiger partial charge in [0.25, 0.3) is 5.91 Å². The number of amides is 1. The second-order valence-electron chi connectivity index (χ2n) is 5.29. The maximum absolute atomic E-state index is 12.5. The highest BCUT2D eigenvalue weighted by molar-refractivity contribution is 9.10. The molecule has 0 radical (unpaired) electrons. The van der Waals surface area contributed by atoms with Crippen LogP contribution in [0, 0.1) is 0 Å². The average Bonchev–Trinajstić information content (AvgIpc) is 2.66. The van der Waals surface area contributed by atoms with E-state index in [1.54, 1.807) is 18.2 Å². The molecule has 2 aromatic rings. The van der Waals surface area contributed by atoms with Gasteiger partial charge in [-0.1, -0.05) is 28.1 Å². The van der Waals surface area contributed by atoms with Gasteiger partial charge in [-0.15, -0.1) is 0 Å². The van der Waals surface area contributed by atoms with E-state index in [4.69, 9.17) is 26.4 Å². The van der Waals surface area contributed by atoms with Gasteiger partial charge in [0, 0.05) is 11.1 Å². The van der Waals surface area contributed by atoms with E-state index in [1.165, 1.54) is 7.11 Å². The van der Waals surface area contributed by atoms with Crippen molar-refractivity contribution in [3.63, 3.8) is 0 Å². The van der Waals surface area contributed by atoms with Crippen molar-refractivity contribution in [2.75, 3.05) is 32.2 Å². The Kier molecular flexibility index (Phi) is 8.50. The maximum atomic E-state index is 12.5.